The summed E-state index contributed by atoms with van der Waals surface area (Å²) in [5.41, 5.74) is 1.97. The van der Waals surface area contributed by atoms with Crippen molar-refractivity contribution in [3.8, 4) is 5.75 Å². The fourth-order valence-electron chi connectivity index (χ4n) is 3.79. The number of hydrogen-bond acceptors (Lipinski definition) is 2. The van der Waals surface area contributed by atoms with E-state index < -0.39 is 11.4 Å². The average Bonchev–Trinajstić information content (AvgIpc) is 2.89. The lowest BCUT2D eigenvalue weighted by Crippen LogP contribution is -2.38. The molecule has 0 heterocycles. The monoisotopic (exact) mass is 260 g/mol. The van der Waals surface area contributed by atoms with Crippen LogP contribution in [0.1, 0.15) is 55.2 Å². The zero-order valence-electron chi connectivity index (χ0n) is 11.1. The van der Waals surface area contributed by atoms with Gasteiger partial charge in [-0.1, -0.05) is 31.4 Å². The molecule has 0 unspecified atom stereocenters. The third-order valence-electron chi connectivity index (χ3n) is 4.88. The topological polar surface area (TPSA) is 57.5 Å². The van der Waals surface area contributed by atoms with Crippen LogP contribution in [0.4, 0.5) is 0 Å². The minimum absolute atomic E-state index is 0.263. The molecule has 0 radical (unpaired) electrons. The van der Waals surface area contributed by atoms with Gasteiger partial charge in [-0.25, -0.2) is 0 Å². The minimum atomic E-state index is -0.861. The number of aliphatic carboxylic acids is 1. The van der Waals surface area contributed by atoms with Crippen molar-refractivity contribution < 1.29 is 15.0 Å². The van der Waals surface area contributed by atoms with Gasteiger partial charge in [0.25, 0.3) is 0 Å². The molecule has 1 fully saturated rings. The van der Waals surface area contributed by atoms with Crippen molar-refractivity contribution >= 4 is 5.97 Å². The van der Waals surface area contributed by atoms with Gasteiger partial charge in [-0.15, -0.1) is 0 Å². The van der Waals surface area contributed by atoms with Crippen molar-refractivity contribution in [3.05, 3.63) is 28.8 Å². The van der Waals surface area contributed by atoms with Crippen LogP contribution < -0.4 is 0 Å². The SMILES string of the molecule is O=C(O)C1(c2ccc3c(c2O)CCC3)CCCCC1. The fourth-order valence-corrected chi connectivity index (χ4v) is 3.79. The number of fused-ring (bicyclic) bond motifs is 1. The summed E-state index contributed by atoms with van der Waals surface area (Å²) >= 11 is 0. The normalized spacial score (nSPS) is 21.1. The van der Waals surface area contributed by atoms with E-state index in [4.69, 9.17) is 0 Å². The number of phenolic OH excluding ortho intramolecular Hbond substituents is 1. The zero-order valence-corrected chi connectivity index (χ0v) is 11.1. The molecule has 3 heteroatoms. The van der Waals surface area contributed by atoms with Crippen LogP contribution in [0.15, 0.2) is 12.1 Å². The highest BCUT2D eigenvalue weighted by Gasteiger charge is 2.43. The van der Waals surface area contributed by atoms with Crippen LogP contribution in [0.25, 0.3) is 0 Å². The maximum absolute atomic E-state index is 11.8. The molecule has 3 nitrogen and oxygen atoms in total. The summed E-state index contributed by atoms with van der Waals surface area (Å²) in [5, 5.41) is 20.2. The standard InChI is InChI=1S/C16H20O3/c17-14-12-6-4-5-11(12)7-8-13(14)16(15(18)19)9-2-1-3-10-16/h7-8,17H,1-6,9-10H2,(H,18,19). The van der Waals surface area contributed by atoms with Crippen LogP contribution >= 0.6 is 0 Å². The number of benzene rings is 1. The highest BCUT2D eigenvalue weighted by atomic mass is 16.4. The van der Waals surface area contributed by atoms with E-state index in [-0.39, 0.29) is 5.75 Å². The van der Waals surface area contributed by atoms with Crippen LogP contribution in [0.2, 0.25) is 0 Å². The number of carboxylic acid groups (broad SMARTS) is 1. The first-order valence-electron chi connectivity index (χ1n) is 7.23. The quantitative estimate of drug-likeness (QED) is 0.858. The van der Waals surface area contributed by atoms with E-state index in [1.165, 1.54) is 5.56 Å². The number of phenols is 1. The molecule has 0 atom stereocenters. The molecule has 2 aliphatic carbocycles. The maximum atomic E-state index is 11.8. The Bertz CT molecular complexity index is 513. The van der Waals surface area contributed by atoms with Gasteiger partial charge in [0.1, 0.15) is 5.75 Å². The lowest BCUT2D eigenvalue weighted by Gasteiger charge is -2.34. The third-order valence-corrected chi connectivity index (χ3v) is 4.88. The van der Waals surface area contributed by atoms with E-state index in [0.717, 1.165) is 44.1 Å². The number of aryl methyl sites for hydroxylation is 1. The maximum Gasteiger partial charge on any atom is 0.314 e. The van der Waals surface area contributed by atoms with E-state index >= 15 is 0 Å². The van der Waals surface area contributed by atoms with Crippen LogP contribution in [-0.4, -0.2) is 16.2 Å². The molecule has 2 aliphatic rings. The van der Waals surface area contributed by atoms with Gasteiger partial charge in [0.15, 0.2) is 0 Å². The fraction of sp³-hybridized carbons (Fsp3) is 0.562. The number of carbonyl (C=O) groups is 1. The first kappa shape index (κ1) is 12.5. The summed E-state index contributed by atoms with van der Waals surface area (Å²) in [7, 11) is 0. The Balaban J connectivity index is 2.11. The van der Waals surface area contributed by atoms with Crippen molar-refractivity contribution in [2.45, 2.75) is 56.8 Å². The first-order valence-corrected chi connectivity index (χ1v) is 7.23. The molecule has 102 valence electrons. The molecule has 0 saturated heterocycles. The minimum Gasteiger partial charge on any atom is -0.507 e. The summed E-state index contributed by atoms with van der Waals surface area (Å²) < 4.78 is 0. The third kappa shape index (κ3) is 1.83. The highest BCUT2D eigenvalue weighted by molar-refractivity contribution is 5.83. The van der Waals surface area contributed by atoms with E-state index in [9.17, 15) is 15.0 Å². The van der Waals surface area contributed by atoms with Crippen molar-refractivity contribution in [3.63, 3.8) is 0 Å². The van der Waals surface area contributed by atoms with Gasteiger partial charge in [-0.3, -0.25) is 4.79 Å². The molecule has 0 spiro atoms. The van der Waals surface area contributed by atoms with Crippen molar-refractivity contribution in [2.75, 3.05) is 0 Å². The molecular weight excluding hydrogens is 240 g/mol. The smallest absolute Gasteiger partial charge is 0.314 e. The van der Waals surface area contributed by atoms with Gasteiger partial charge in [0, 0.05) is 5.56 Å². The van der Waals surface area contributed by atoms with E-state index in [2.05, 4.69) is 0 Å². The highest BCUT2D eigenvalue weighted by Crippen LogP contribution is 2.46. The van der Waals surface area contributed by atoms with Gasteiger partial charge in [0.05, 0.1) is 5.41 Å². The summed E-state index contributed by atoms with van der Waals surface area (Å²) in [4.78, 5) is 11.8. The van der Waals surface area contributed by atoms with Crippen LogP contribution in [0, 0.1) is 0 Å². The lowest BCUT2D eigenvalue weighted by atomic mass is 9.68. The predicted molar refractivity (Wildman–Crippen MR) is 72.5 cm³/mol. The molecule has 0 bridgehead atoms. The molecule has 3 rings (SSSR count). The Morgan fingerprint density at radius 1 is 1.05 bits per heavy atom. The zero-order chi connectivity index (χ0) is 13.5. The van der Waals surface area contributed by atoms with E-state index in [0.29, 0.717) is 18.4 Å². The molecular formula is C16H20O3. The summed E-state index contributed by atoms with van der Waals surface area (Å²) in [6.07, 6.45) is 7.20. The summed E-state index contributed by atoms with van der Waals surface area (Å²) in [5.74, 6) is -0.514. The molecule has 1 aromatic rings. The second kappa shape index (κ2) is 4.55. The number of aromatic hydroxyl groups is 1. The van der Waals surface area contributed by atoms with Crippen molar-refractivity contribution in [2.24, 2.45) is 0 Å². The molecule has 1 saturated carbocycles. The summed E-state index contributed by atoms with van der Waals surface area (Å²) in [6, 6.07) is 3.88. The van der Waals surface area contributed by atoms with Crippen LogP contribution in [-0.2, 0) is 23.1 Å². The molecule has 0 aliphatic heterocycles. The molecule has 1 aromatic carbocycles. The van der Waals surface area contributed by atoms with Gasteiger partial charge in [-0.2, -0.15) is 0 Å². The average molecular weight is 260 g/mol. The molecule has 0 amide bonds. The second-order valence-corrected chi connectivity index (χ2v) is 5.90. The first-order chi connectivity index (χ1) is 9.15. The molecule has 19 heavy (non-hydrogen) atoms. The van der Waals surface area contributed by atoms with Crippen molar-refractivity contribution in [1.29, 1.82) is 0 Å². The van der Waals surface area contributed by atoms with Gasteiger partial charge >= 0.3 is 5.97 Å². The van der Waals surface area contributed by atoms with E-state index in [1.54, 1.807) is 0 Å². The Morgan fingerprint density at radius 2 is 1.79 bits per heavy atom. The largest absolute Gasteiger partial charge is 0.507 e. The Morgan fingerprint density at radius 3 is 2.47 bits per heavy atom. The molecule has 2 N–H and O–H groups in total. The van der Waals surface area contributed by atoms with Gasteiger partial charge in [0.2, 0.25) is 0 Å². The molecule has 0 aromatic heterocycles. The predicted octanol–water partition coefficient (Wildman–Crippen LogP) is 3.17. The van der Waals surface area contributed by atoms with Crippen molar-refractivity contribution in [1.82, 2.24) is 0 Å². The second-order valence-electron chi connectivity index (χ2n) is 5.90. The Kier molecular flexibility index (Phi) is 3.00. The van der Waals surface area contributed by atoms with Crippen LogP contribution in [0.3, 0.4) is 0 Å². The Hall–Kier alpha value is -1.51. The number of carboxylic acids is 1. The van der Waals surface area contributed by atoms with Crippen LogP contribution in [0.5, 0.6) is 5.75 Å². The van der Waals surface area contributed by atoms with E-state index in [1.807, 2.05) is 12.1 Å². The number of hydrogen-bond donors (Lipinski definition) is 2. The Labute approximate surface area is 113 Å². The number of rotatable bonds is 2. The lowest BCUT2D eigenvalue weighted by molar-refractivity contribution is -0.145. The summed E-state index contributed by atoms with van der Waals surface area (Å²) in [6.45, 7) is 0. The van der Waals surface area contributed by atoms with Gasteiger partial charge < -0.3 is 10.2 Å². The van der Waals surface area contributed by atoms with Gasteiger partial charge in [-0.05, 0) is 43.2 Å².